The summed E-state index contributed by atoms with van der Waals surface area (Å²) in [5.74, 6) is 1.48. The lowest BCUT2D eigenvalue weighted by Crippen LogP contribution is -2.55. The van der Waals surface area contributed by atoms with E-state index >= 15 is 0 Å². The first-order valence-electron chi connectivity index (χ1n) is 10.1. The first kappa shape index (κ1) is 19.0. The predicted molar refractivity (Wildman–Crippen MR) is 110 cm³/mol. The van der Waals surface area contributed by atoms with E-state index in [1.807, 2.05) is 12.1 Å². The Hall–Kier alpha value is -2.38. The Morgan fingerprint density at radius 2 is 1.75 bits per heavy atom. The van der Waals surface area contributed by atoms with Crippen molar-refractivity contribution in [2.45, 2.75) is 37.5 Å². The molecule has 0 bridgehead atoms. The average molecular weight is 383 g/mol. The molecule has 2 atom stereocenters. The molecule has 3 heterocycles. The van der Waals surface area contributed by atoms with E-state index in [1.165, 1.54) is 5.69 Å². The molecule has 0 saturated carbocycles. The lowest BCUT2D eigenvalue weighted by Gasteiger charge is -2.44. The van der Waals surface area contributed by atoms with Crippen LogP contribution in [0.2, 0.25) is 0 Å². The number of hydrogen-bond donors (Lipinski definition) is 2. The van der Waals surface area contributed by atoms with Gasteiger partial charge in [0.05, 0.1) is 19.3 Å². The molecule has 4 rings (SSSR count). The van der Waals surface area contributed by atoms with Crippen LogP contribution < -0.4 is 15.0 Å². The number of aliphatic hydroxyl groups excluding tert-OH is 1. The van der Waals surface area contributed by atoms with Crippen LogP contribution in [0.5, 0.6) is 5.75 Å². The molecule has 0 unspecified atom stereocenters. The third-order valence-electron chi connectivity index (χ3n) is 5.91. The number of anilines is 2. The summed E-state index contributed by atoms with van der Waals surface area (Å²) < 4.78 is 5.25. The second-order valence-electron chi connectivity index (χ2n) is 7.59. The monoisotopic (exact) mass is 383 g/mol. The predicted octanol–water partition coefficient (Wildman–Crippen LogP) is 2.00. The molecular formula is C21H29N5O2. The number of nitrogens with one attached hydrogen (secondary N) is 1. The van der Waals surface area contributed by atoms with Gasteiger partial charge in [0.2, 0.25) is 5.95 Å². The Labute approximate surface area is 166 Å². The molecule has 7 heteroatoms. The summed E-state index contributed by atoms with van der Waals surface area (Å²) in [5.41, 5.74) is 1.25. The molecule has 1 aromatic carbocycles. The number of rotatable bonds is 5. The Balaban J connectivity index is 1.27. The Morgan fingerprint density at radius 1 is 1.04 bits per heavy atom. The van der Waals surface area contributed by atoms with Crippen LogP contribution in [-0.4, -0.2) is 71.5 Å². The maximum atomic E-state index is 10.6. The number of methoxy groups -OCH3 is 1. The van der Waals surface area contributed by atoms with Crippen molar-refractivity contribution in [3.8, 4) is 5.75 Å². The second-order valence-corrected chi connectivity index (χ2v) is 7.59. The smallest absolute Gasteiger partial charge is 0.222 e. The van der Waals surface area contributed by atoms with Gasteiger partial charge in [-0.3, -0.25) is 4.90 Å². The van der Waals surface area contributed by atoms with Gasteiger partial charge in [0.25, 0.3) is 0 Å². The topological polar surface area (TPSA) is 73.8 Å². The van der Waals surface area contributed by atoms with E-state index in [1.54, 1.807) is 25.6 Å². The molecule has 2 N–H and O–H groups in total. The van der Waals surface area contributed by atoms with Crippen molar-refractivity contribution in [3.63, 3.8) is 0 Å². The molecular weight excluding hydrogens is 354 g/mol. The largest absolute Gasteiger partial charge is 0.497 e. The summed E-state index contributed by atoms with van der Waals surface area (Å²) in [5, 5.41) is 13.9. The third kappa shape index (κ3) is 4.36. The molecule has 7 nitrogen and oxygen atoms in total. The maximum absolute atomic E-state index is 10.6. The summed E-state index contributed by atoms with van der Waals surface area (Å²) in [6, 6.07) is 10.6. The Morgan fingerprint density at radius 3 is 2.39 bits per heavy atom. The minimum Gasteiger partial charge on any atom is -0.497 e. The van der Waals surface area contributed by atoms with Crippen LogP contribution in [0.4, 0.5) is 11.6 Å². The molecule has 2 aliphatic rings. The lowest BCUT2D eigenvalue weighted by molar-refractivity contribution is 0.0309. The van der Waals surface area contributed by atoms with Gasteiger partial charge < -0.3 is 20.1 Å². The number of hydrogen-bond acceptors (Lipinski definition) is 7. The van der Waals surface area contributed by atoms with Crippen LogP contribution in [0, 0.1) is 0 Å². The number of likely N-dealkylation sites (tertiary alicyclic amines) is 1. The van der Waals surface area contributed by atoms with Gasteiger partial charge in [0.1, 0.15) is 5.75 Å². The molecule has 2 fully saturated rings. The van der Waals surface area contributed by atoms with Gasteiger partial charge in [-0.05, 0) is 49.6 Å². The van der Waals surface area contributed by atoms with Gasteiger partial charge in [-0.1, -0.05) is 0 Å². The van der Waals surface area contributed by atoms with Crippen LogP contribution in [0.3, 0.4) is 0 Å². The molecule has 2 saturated heterocycles. The standard InChI is InChI=1S/C21H29N5O2/c1-28-18-5-3-16(4-6-18)25-12-7-17(8-13-25)26-14-9-19(20(27)15-26)24-21-22-10-2-11-23-21/h2-6,10-11,17,19-20,27H,7-9,12-15H2,1H3,(H,22,23,24)/t19-,20-/m1/s1. The number of ether oxygens (including phenoxy) is 1. The quantitative estimate of drug-likeness (QED) is 0.818. The highest BCUT2D eigenvalue weighted by atomic mass is 16.5. The first-order valence-corrected chi connectivity index (χ1v) is 10.1. The fraction of sp³-hybridized carbons (Fsp3) is 0.524. The van der Waals surface area contributed by atoms with E-state index in [0.29, 0.717) is 18.5 Å². The number of aromatic nitrogens is 2. The number of benzene rings is 1. The summed E-state index contributed by atoms with van der Waals surface area (Å²) in [7, 11) is 1.69. The summed E-state index contributed by atoms with van der Waals surface area (Å²) >= 11 is 0. The molecule has 2 aromatic rings. The number of β-amino-alcohol motifs (C(OH)–C–C–N with tert-alkyl or cyclic N) is 1. The molecule has 0 radical (unpaired) electrons. The van der Waals surface area contributed by atoms with Gasteiger partial charge >= 0.3 is 0 Å². The summed E-state index contributed by atoms with van der Waals surface area (Å²) in [4.78, 5) is 13.3. The van der Waals surface area contributed by atoms with E-state index in [0.717, 1.165) is 44.6 Å². The van der Waals surface area contributed by atoms with Crippen molar-refractivity contribution >= 4 is 11.6 Å². The van der Waals surface area contributed by atoms with Crippen molar-refractivity contribution in [3.05, 3.63) is 42.7 Å². The van der Waals surface area contributed by atoms with Crippen LogP contribution in [0.15, 0.2) is 42.7 Å². The van der Waals surface area contributed by atoms with Crippen molar-refractivity contribution in [1.82, 2.24) is 14.9 Å². The van der Waals surface area contributed by atoms with Crippen molar-refractivity contribution < 1.29 is 9.84 Å². The fourth-order valence-corrected chi connectivity index (χ4v) is 4.28. The summed E-state index contributed by atoms with van der Waals surface area (Å²) in [6.45, 7) is 3.79. The zero-order valence-electron chi connectivity index (χ0n) is 16.4. The Kier molecular flexibility index (Phi) is 5.92. The van der Waals surface area contributed by atoms with E-state index in [2.05, 4.69) is 37.2 Å². The number of aliphatic hydroxyl groups is 1. The van der Waals surface area contributed by atoms with E-state index in [-0.39, 0.29) is 6.04 Å². The minimum absolute atomic E-state index is 0.0121. The molecule has 0 amide bonds. The molecule has 0 spiro atoms. The van der Waals surface area contributed by atoms with E-state index in [4.69, 9.17) is 4.74 Å². The molecule has 150 valence electrons. The summed E-state index contributed by atoms with van der Waals surface area (Å²) in [6.07, 6.45) is 6.17. The maximum Gasteiger partial charge on any atom is 0.222 e. The van der Waals surface area contributed by atoms with Gasteiger partial charge in [-0.2, -0.15) is 0 Å². The number of nitrogens with zero attached hydrogens (tertiary/aromatic N) is 4. The van der Waals surface area contributed by atoms with Crippen molar-refractivity contribution in [2.75, 3.05) is 43.5 Å². The molecule has 28 heavy (non-hydrogen) atoms. The molecule has 0 aliphatic carbocycles. The molecule has 1 aromatic heterocycles. The SMILES string of the molecule is COc1ccc(N2CCC(N3CC[C@@H](Nc4ncccn4)[C@H](O)C3)CC2)cc1. The fourth-order valence-electron chi connectivity index (χ4n) is 4.28. The zero-order valence-corrected chi connectivity index (χ0v) is 16.4. The van der Waals surface area contributed by atoms with Crippen molar-refractivity contribution in [1.29, 1.82) is 0 Å². The lowest BCUT2D eigenvalue weighted by atomic mass is 9.96. The van der Waals surface area contributed by atoms with Crippen LogP contribution in [-0.2, 0) is 0 Å². The van der Waals surface area contributed by atoms with Gasteiger partial charge in [-0.15, -0.1) is 0 Å². The average Bonchev–Trinajstić information content (AvgIpc) is 2.76. The van der Waals surface area contributed by atoms with Gasteiger partial charge in [0, 0.05) is 50.3 Å². The third-order valence-corrected chi connectivity index (χ3v) is 5.91. The molecule has 2 aliphatic heterocycles. The highest BCUT2D eigenvalue weighted by molar-refractivity contribution is 5.49. The van der Waals surface area contributed by atoms with Gasteiger partial charge in [-0.25, -0.2) is 9.97 Å². The van der Waals surface area contributed by atoms with E-state index < -0.39 is 6.10 Å². The first-order chi connectivity index (χ1) is 13.7. The van der Waals surface area contributed by atoms with Crippen molar-refractivity contribution in [2.24, 2.45) is 0 Å². The normalized spacial score (nSPS) is 24.1. The van der Waals surface area contributed by atoms with Crippen LogP contribution in [0.1, 0.15) is 19.3 Å². The Bertz CT molecular complexity index is 734. The highest BCUT2D eigenvalue weighted by Gasteiger charge is 2.33. The van der Waals surface area contributed by atoms with E-state index in [9.17, 15) is 5.11 Å². The highest BCUT2D eigenvalue weighted by Crippen LogP contribution is 2.26. The number of piperidine rings is 2. The van der Waals surface area contributed by atoms with Gasteiger partial charge in [0.15, 0.2) is 0 Å². The van der Waals surface area contributed by atoms with Crippen LogP contribution >= 0.6 is 0 Å². The minimum atomic E-state index is -0.405. The van der Waals surface area contributed by atoms with Crippen LogP contribution in [0.25, 0.3) is 0 Å². The second kappa shape index (κ2) is 8.75. The zero-order chi connectivity index (χ0) is 19.3.